The van der Waals surface area contributed by atoms with Crippen molar-refractivity contribution in [3.63, 3.8) is 0 Å². The largest absolute Gasteiger partial charge is 0.375 e. The van der Waals surface area contributed by atoms with Crippen molar-refractivity contribution in [2.24, 2.45) is 11.3 Å². The van der Waals surface area contributed by atoms with Gasteiger partial charge in [0, 0.05) is 44.4 Å². The van der Waals surface area contributed by atoms with Crippen LogP contribution in [0, 0.1) is 25.2 Å². The van der Waals surface area contributed by atoms with Gasteiger partial charge in [-0.05, 0) is 45.6 Å². The first-order valence-corrected chi connectivity index (χ1v) is 9.48. The van der Waals surface area contributed by atoms with E-state index in [9.17, 15) is 9.59 Å². The van der Waals surface area contributed by atoms with E-state index >= 15 is 0 Å². The highest BCUT2D eigenvalue weighted by Gasteiger charge is 2.44. The molecule has 1 saturated carbocycles. The maximum absolute atomic E-state index is 12.6. The van der Waals surface area contributed by atoms with E-state index in [1.54, 1.807) is 4.90 Å². The number of rotatable bonds is 7. The summed E-state index contributed by atoms with van der Waals surface area (Å²) in [5.41, 5.74) is 2.34. The minimum atomic E-state index is -0.117. The smallest absolute Gasteiger partial charge is 0.248 e. The van der Waals surface area contributed by atoms with E-state index in [2.05, 4.69) is 28.1 Å². The first kappa shape index (κ1) is 18.9. The fraction of sp³-hybridized carbons (Fsp3) is 0.737. The van der Waals surface area contributed by atoms with Gasteiger partial charge in [0.15, 0.2) is 0 Å². The van der Waals surface area contributed by atoms with Gasteiger partial charge in [0.1, 0.15) is 6.61 Å². The summed E-state index contributed by atoms with van der Waals surface area (Å²) >= 11 is 0. The first-order chi connectivity index (χ1) is 12.4. The number of carbonyl (C=O) groups excluding carboxylic acids is 2. The quantitative estimate of drug-likeness (QED) is 0.793. The Hall–Kier alpha value is -1.89. The number of carbonyl (C=O) groups is 2. The van der Waals surface area contributed by atoms with Gasteiger partial charge in [-0.2, -0.15) is 5.10 Å². The topological polar surface area (TPSA) is 76.5 Å². The number of nitrogens with zero attached hydrogens (tertiary/aromatic N) is 3. The molecule has 1 aliphatic heterocycles. The van der Waals surface area contributed by atoms with Crippen LogP contribution in [0.15, 0.2) is 6.07 Å². The second-order valence-corrected chi connectivity index (χ2v) is 7.91. The lowest BCUT2D eigenvalue weighted by Gasteiger charge is -2.32. The number of ether oxygens (including phenoxy) is 1. The van der Waals surface area contributed by atoms with E-state index in [-0.39, 0.29) is 29.8 Å². The summed E-state index contributed by atoms with van der Waals surface area (Å²) in [5, 5.41) is 7.69. The number of hydrogen-bond acceptors (Lipinski definition) is 4. The van der Waals surface area contributed by atoms with Crippen molar-refractivity contribution in [1.29, 1.82) is 0 Å². The zero-order chi connectivity index (χ0) is 18.7. The van der Waals surface area contributed by atoms with Crippen LogP contribution in [0.25, 0.3) is 0 Å². The average Bonchev–Trinajstić information content (AvgIpc) is 3.31. The summed E-state index contributed by atoms with van der Waals surface area (Å²) in [6, 6.07) is 2.09. The summed E-state index contributed by atoms with van der Waals surface area (Å²) in [5.74, 6) is -0.0817. The third-order valence-corrected chi connectivity index (χ3v) is 5.60. The van der Waals surface area contributed by atoms with Crippen LogP contribution in [0.1, 0.15) is 37.1 Å². The standard InChI is InChI=1S/C19H30N4O3/c1-14-9-15(2)23(21-14)13-19(6-7-19)12-20-18(25)16-5-4-8-22(10-16)17(24)11-26-3/h9,16H,4-8,10-13H2,1-3H3,(H,20,25). The van der Waals surface area contributed by atoms with Gasteiger partial charge in [-0.3, -0.25) is 14.3 Å². The number of methoxy groups -OCH3 is 1. The number of nitrogens with one attached hydrogen (secondary N) is 1. The van der Waals surface area contributed by atoms with Crippen molar-refractivity contribution < 1.29 is 14.3 Å². The molecule has 0 aromatic carbocycles. The number of aryl methyl sites for hydroxylation is 2. The molecular weight excluding hydrogens is 332 g/mol. The fourth-order valence-corrected chi connectivity index (χ4v) is 3.77. The van der Waals surface area contributed by atoms with Crippen LogP contribution in [0.2, 0.25) is 0 Å². The van der Waals surface area contributed by atoms with Crippen molar-refractivity contribution in [2.75, 3.05) is 33.4 Å². The lowest BCUT2D eigenvalue weighted by Crippen LogP contribution is -2.47. The molecule has 2 amide bonds. The fourth-order valence-electron chi connectivity index (χ4n) is 3.77. The molecule has 1 saturated heterocycles. The van der Waals surface area contributed by atoms with Crippen molar-refractivity contribution in [3.8, 4) is 0 Å². The van der Waals surface area contributed by atoms with Crippen molar-refractivity contribution in [1.82, 2.24) is 20.0 Å². The van der Waals surface area contributed by atoms with Crippen LogP contribution in [0.3, 0.4) is 0 Å². The van der Waals surface area contributed by atoms with Crippen LogP contribution >= 0.6 is 0 Å². The van der Waals surface area contributed by atoms with E-state index < -0.39 is 0 Å². The minimum Gasteiger partial charge on any atom is -0.375 e. The van der Waals surface area contributed by atoms with E-state index in [1.807, 2.05) is 6.92 Å². The molecule has 1 aliphatic carbocycles. The Balaban J connectivity index is 1.50. The second-order valence-electron chi connectivity index (χ2n) is 7.91. The lowest BCUT2D eigenvalue weighted by molar-refractivity contribution is -0.139. The molecule has 1 aromatic heterocycles. The lowest BCUT2D eigenvalue weighted by atomic mass is 9.96. The molecule has 1 unspecified atom stereocenters. The second kappa shape index (κ2) is 7.78. The average molecular weight is 362 g/mol. The maximum Gasteiger partial charge on any atom is 0.248 e. The zero-order valence-corrected chi connectivity index (χ0v) is 16.1. The van der Waals surface area contributed by atoms with Crippen molar-refractivity contribution >= 4 is 11.8 Å². The monoisotopic (exact) mass is 362 g/mol. The zero-order valence-electron chi connectivity index (χ0n) is 16.1. The van der Waals surface area contributed by atoms with Crippen LogP contribution in [0.5, 0.6) is 0 Å². The molecule has 0 bridgehead atoms. The van der Waals surface area contributed by atoms with Gasteiger partial charge in [0.2, 0.25) is 11.8 Å². The van der Waals surface area contributed by atoms with E-state index in [1.165, 1.54) is 12.8 Å². The molecule has 0 radical (unpaired) electrons. The normalized spacial score (nSPS) is 21.5. The molecule has 7 nitrogen and oxygen atoms in total. The number of likely N-dealkylation sites (tertiary alicyclic amines) is 1. The van der Waals surface area contributed by atoms with Crippen LogP contribution in [0.4, 0.5) is 0 Å². The number of amides is 2. The molecule has 1 atom stereocenters. The Bertz CT molecular complexity index is 666. The molecule has 3 rings (SSSR count). The number of hydrogen-bond donors (Lipinski definition) is 1. The van der Waals surface area contributed by atoms with Gasteiger partial charge in [-0.25, -0.2) is 0 Å². The SMILES string of the molecule is COCC(=O)N1CCCC(C(=O)NCC2(Cn3nc(C)cc3C)CC2)C1. The summed E-state index contributed by atoms with van der Waals surface area (Å²) in [6.45, 7) is 6.92. The minimum absolute atomic E-state index is 0.0341. The van der Waals surface area contributed by atoms with Gasteiger partial charge in [-0.1, -0.05) is 0 Å². The molecule has 2 fully saturated rings. The molecule has 26 heavy (non-hydrogen) atoms. The van der Waals surface area contributed by atoms with Gasteiger partial charge in [-0.15, -0.1) is 0 Å². The third kappa shape index (κ3) is 4.44. The summed E-state index contributed by atoms with van der Waals surface area (Å²) in [6.07, 6.45) is 3.95. The van der Waals surface area contributed by atoms with Gasteiger partial charge < -0.3 is 15.0 Å². The van der Waals surface area contributed by atoms with Crippen molar-refractivity contribution in [3.05, 3.63) is 17.5 Å². The predicted octanol–water partition coefficient (Wildman–Crippen LogP) is 1.28. The Morgan fingerprint density at radius 1 is 1.38 bits per heavy atom. The van der Waals surface area contributed by atoms with E-state index in [4.69, 9.17) is 4.74 Å². The Morgan fingerprint density at radius 2 is 2.15 bits per heavy atom. The highest BCUT2D eigenvalue weighted by Crippen LogP contribution is 2.46. The van der Waals surface area contributed by atoms with E-state index in [0.717, 1.165) is 37.9 Å². The molecular formula is C19H30N4O3. The number of piperidine rings is 1. The van der Waals surface area contributed by atoms with Crippen LogP contribution < -0.4 is 5.32 Å². The summed E-state index contributed by atoms with van der Waals surface area (Å²) in [7, 11) is 1.52. The van der Waals surface area contributed by atoms with Gasteiger partial charge in [0.25, 0.3) is 0 Å². The van der Waals surface area contributed by atoms with Crippen LogP contribution in [-0.2, 0) is 20.9 Å². The van der Waals surface area contributed by atoms with Crippen LogP contribution in [-0.4, -0.2) is 59.8 Å². The molecule has 2 heterocycles. The molecule has 7 heteroatoms. The Labute approximate surface area is 155 Å². The molecule has 1 aromatic rings. The third-order valence-electron chi connectivity index (χ3n) is 5.60. The highest BCUT2D eigenvalue weighted by atomic mass is 16.5. The first-order valence-electron chi connectivity index (χ1n) is 9.48. The Morgan fingerprint density at radius 3 is 2.77 bits per heavy atom. The van der Waals surface area contributed by atoms with Gasteiger partial charge >= 0.3 is 0 Å². The van der Waals surface area contributed by atoms with E-state index in [0.29, 0.717) is 19.6 Å². The predicted molar refractivity (Wildman–Crippen MR) is 97.6 cm³/mol. The summed E-state index contributed by atoms with van der Waals surface area (Å²) in [4.78, 5) is 26.4. The number of aromatic nitrogens is 2. The molecule has 144 valence electrons. The summed E-state index contributed by atoms with van der Waals surface area (Å²) < 4.78 is 6.98. The van der Waals surface area contributed by atoms with Crippen molar-refractivity contribution in [2.45, 2.75) is 46.1 Å². The maximum atomic E-state index is 12.6. The molecule has 1 N–H and O–H groups in total. The van der Waals surface area contributed by atoms with Gasteiger partial charge in [0.05, 0.1) is 11.6 Å². The molecule has 0 spiro atoms. The molecule has 2 aliphatic rings. The Kier molecular flexibility index (Phi) is 5.65. The highest BCUT2D eigenvalue weighted by molar-refractivity contribution is 5.81.